The van der Waals surface area contributed by atoms with E-state index < -0.39 is 23.5 Å². The van der Waals surface area contributed by atoms with Crippen molar-refractivity contribution in [1.29, 1.82) is 0 Å². The minimum Gasteiger partial charge on any atom is -0.347 e. The van der Waals surface area contributed by atoms with Crippen molar-refractivity contribution < 1.29 is 22.4 Å². The molecule has 0 aliphatic heterocycles. The number of carbonyl (C=O) groups is 1. The van der Waals surface area contributed by atoms with Crippen molar-refractivity contribution in [2.45, 2.75) is 19.3 Å². The summed E-state index contributed by atoms with van der Waals surface area (Å²) in [6.45, 7) is 0.278. The van der Waals surface area contributed by atoms with Crippen LogP contribution < -0.4 is 5.32 Å². The average Bonchev–Trinajstić information content (AvgIpc) is 3.21. The molecule has 2 aromatic heterocycles. The number of aromatic nitrogens is 3. The van der Waals surface area contributed by atoms with E-state index >= 15 is 0 Å². The van der Waals surface area contributed by atoms with Crippen molar-refractivity contribution in [1.82, 2.24) is 19.9 Å². The number of benzene rings is 2. The maximum Gasteiger partial charge on any atom is 0.419 e. The first-order valence-corrected chi connectivity index (χ1v) is 9.29. The lowest BCUT2D eigenvalue weighted by Gasteiger charge is -2.10. The number of fused-ring (bicyclic) bond motifs is 1. The number of para-hydroxylation sites is 1. The molecule has 0 atom stereocenters. The number of pyridine rings is 1. The first kappa shape index (κ1) is 20.5. The van der Waals surface area contributed by atoms with Crippen molar-refractivity contribution in [3.05, 3.63) is 95.5 Å². The molecule has 1 N–H and O–H groups in total. The molecule has 158 valence electrons. The van der Waals surface area contributed by atoms with Gasteiger partial charge in [-0.2, -0.15) is 13.2 Å². The minimum absolute atomic E-state index is 0.0125. The topological polar surface area (TPSA) is 59.8 Å². The highest BCUT2D eigenvalue weighted by molar-refractivity contribution is 5.92. The summed E-state index contributed by atoms with van der Waals surface area (Å²) >= 11 is 0. The second kappa shape index (κ2) is 8.17. The highest BCUT2D eigenvalue weighted by Crippen LogP contribution is 2.32. The number of nitrogens with one attached hydrogen (secondary N) is 1. The van der Waals surface area contributed by atoms with Gasteiger partial charge in [0.05, 0.1) is 17.4 Å². The largest absolute Gasteiger partial charge is 0.419 e. The molecule has 2 aromatic carbocycles. The fraction of sp³-hybridized carbons (Fsp3) is 0.136. The van der Waals surface area contributed by atoms with Gasteiger partial charge in [0, 0.05) is 30.9 Å². The van der Waals surface area contributed by atoms with Crippen LogP contribution in [0, 0.1) is 5.82 Å². The predicted octanol–water partition coefficient (Wildman–Crippen LogP) is 4.57. The second-order valence-corrected chi connectivity index (χ2v) is 6.91. The van der Waals surface area contributed by atoms with Crippen LogP contribution in [-0.2, 0) is 19.3 Å². The maximum absolute atomic E-state index is 13.4. The summed E-state index contributed by atoms with van der Waals surface area (Å²) in [6.07, 6.45) is -0.350. The molecule has 1 amide bonds. The van der Waals surface area contributed by atoms with E-state index in [4.69, 9.17) is 0 Å². The van der Waals surface area contributed by atoms with E-state index in [0.717, 1.165) is 28.6 Å². The molecule has 0 radical (unpaired) electrons. The molecule has 4 aromatic rings. The van der Waals surface area contributed by atoms with E-state index in [-0.39, 0.29) is 24.3 Å². The zero-order valence-corrected chi connectivity index (χ0v) is 16.0. The number of rotatable bonds is 5. The van der Waals surface area contributed by atoms with Crippen LogP contribution in [0.3, 0.4) is 0 Å². The smallest absolute Gasteiger partial charge is 0.347 e. The van der Waals surface area contributed by atoms with E-state index in [1.54, 1.807) is 6.20 Å². The maximum atomic E-state index is 13.4. The molecule has 0 saturated carbocycles. The van der Waals surface area contributed by atoms with Crippen LogP contribution in [0.25, 0.3) is 10.9 Å². The molecule has 0 fully saturated rings. The Bertz CT molecular complexity index is 1240. The highest BCUT2D eigenvalue weighted by atomic mass is 19.4. The molecular formula is C22H16F4N4O. The molecule has 0 aliphatic carbocycles. The number of amides is 1. The number of carbonyl (C=O) groups excluding carboxylic acids is 1. The van der Waals surface area contributed by atoms with Crippen LogP contribution >= 0.6 is 0 Å². The number of hydrogen-bond acceptors (Lipinski definition) is 3. The lowest BCUT2D eigenvalue weighted by molar-refractivity contribution is -0.140. The van der Waals surface area contributed by atoms with Crippen molar-refractivity contribution in [3.63, 3.8) is 0 Å². The molecule has 4 rings (SSSR count). The van der Waals surface area contributed by atoms with Crippen LogP contribution in [0.1, 0.15) is 27.2 Å². The van der Waals surface area contributed by atoms with Gasteiger partial charge in [-0.3, -0.25) is 9.78 Å². The summed E-state index contributed by atoms with van der Waals surface area (Å²) in [7, 11) is 0. The number of nitrogens with zero attached hydrogens (tertiary/aromatic N) is 3. The minimum atomic E-state index is -4.78. The molecular weight excluding hydrogens is 412 g/mol. The lowest BCUT2D eigenvalue weighted by atomic mass is 10.1. The average molecular weight is 428 g/mol. The van der Waals surface area contributed by atoms with Gasteiger partial charge in [-0.1, -0.05) is 24.3 Å². The Balaban J connectivity index is 1.44. The van der Waals surface area contributed by atoms with Gasteiger partial charge in [0.25, 0.3) is 5.91 Å². The first-order chi connectivity index (χ1) is 14.8. The monoisotopic (exact) mass is 428 g/mol. The lowest BCUT2D eigenvalue weighted by Crippen LogP contribution is -2.23. The van der Waals surface area contributed by atoms with Crippen LogP contribution in [0.5, 0.6) is 0 Å². The van der Waals surface area contributed by atoms with Gasteiger partial charge in [0.1, 0.15) is 11.5 Å². The molecule has 0 aliphatic rings. The SMILES string of the molecule is O=C(NCc1ccnc2ccccc12)c1cn(Cc2ccc(F)c(C(F)(F)F)c2)cn1. The third kappa shape index (κ3) is 4.55. The molecule has 5 nitrogen and oxygen atoms in total. The zero-order valence-electron chi connectivity index (χ0n) is 16.0. The summed E-state index contributed by atoms with van der Waals surface area (Å²) in [6, 6.07) is 12.2. The van der Waals surface area contributed by atoms with E-state index in [1.807, 2.05) is 30.3 Å². The van der Waals surface area contributed by atoms with Crippen molar-refractivity contribution in [2.24, 2.45) is 0 Å². The Morgan fingerprint density at radius 3 is 2.68 bits per heavy atom. The van der Waals surface area contributed by atoms with Gasteiger partial charge >= 0.3 is 6.18 Å². The van der Waals surface area contributed by atoms with Crippen LogP contribution in [0.4, 0.5) is 17.6 Å². The normalized spacial score (nSPS) is 11.6. The van der Waals surface area contributed by atoms with Crippen LogP contribution in [-0.4, -0.2) is 20.4 Å². The summed E-state index contributed by atoms with van der Waals surface area (Å²) in [5.74, 6) is -1.75. The summed E-state index contributed by atoms with van der Waals surface area (Å²) in [5.41, 5.74) is 0.742. The summed E-state index contributed by atoms with van der Waals surface area (Å²) in [4.78, 5) is 20.7. The van der Waals surface area contributed by atoms with Crippen molar-refractivity contribution in [3.8, 4) is 0 Å². The zero-order chi connectivity index (χ0) is 22.0. The Labute approximate surface area is 174 Å². The van der Waals surface area contributed by atoms with Gasteiger partial charge in [-0.25, -0.2) is 9.37 Å². The van der Waals surface area contributed by atoms with Crippen molar-refractivity contribution >= 4 is 16.8 Å². The van der Waals surface area contributed by atoms with Gasteiger partial charge in [-0.15, -0.1) is 0 Å². The number of alkyl halides is 3. The highest BCUT2D eigenvalue weighted by Gasteiger charge is 2.34. The number of halogens is 4. The fourth-order valence-electron chi connectivity index (χ4n) is 3.24. The van der Waals surface area contributed by atoms with Crippen molar-refractivity contribution in [2.75, 3.05) is 0 Å². The Morgan fingerprint density at radius 2 is 1.87 bits per heavy atom. The van der Waals surface area contributed by atoms with Crippen LogP contribution in [0.2, 0.25) is 0 Å². The number of hydrogen-bond donors (Lipinski definition) is 1. The third-order valence-electron chi connectivity index (χ3n) is 4.75. The molecule has 2 heterocycles. The molecule has 0 unspecified atom stereocenters. The Kier molecular flexibility index (Phi) is 5.41. The summed E-state index contributed by atoms with van der Waals surface area (Å²) < 4.78 is 53.6. The quantitative estimate of drug-likeness (QED) is 0.474. The standard InChI is InChI=1S/C22H16F4N4O/c23-18-6-5-14(9-17(18)22(24,25)26)11-30-12-20(29-13-30)21(31)28-10-15-7-8-27-19-4-2-1-3-16(15)19/h1-9,12-13H,10-11H2,(H,28,31). The van der Waals surface area contributed by atoms with Crippen LogP contribution in [0.15, 0.2) is 67.3 Å². The predicted molar refractivity (Wildman–Crippen MR) is 106 cm³/mol. The van der Waals surface area contributed by atoms with Gasteiger partial charge in [0.2, 0.25) is 0 Å². The van der Waals surface area contributed by atoms with Gasteiger partial charge in [-0.05, 0) is 35.4 Å². The molecule has 9 heteroatoms. The Hall–Kier alpha value is -3.75. The van der Waals surface area contributed by atoms with E-state index in [2.05, 4.69) is 15.3 Å². The molecule has 0 saturated heterocycles. The summed E-state index contributed by atoms with van der Waals surface area (Å²) in [5, 5.41) is 3.70. The Morgan fingerprint density at radius 1 is 1.06 bits per heavy atom. The molecule has 31 heavy (non-hydrogen) atoms. The second-order valence-electron chi connectivity index (χ2n) is 6.91. The fourth-order valence-corrected chi connectivity index (χ4v) is 3.24. The third-order valence-corrected chi connectivity index (χ3v) is 4.75. The molecule has 0 bridgehead atoms. The first-order valence-electron chi connectivity index (χ1n) is 9.29. The van der Waals surface area contributed by atoms with E-state index in [0.29, 0.717) is 0 Å². The van der Waals surface area contributed by atoms with Gasteiger partial charge in [0.15, 0.2) is 0 Å². The van der Waals surface area contributed by atoms with Gasteiger partial charge < -0.3 is 9.88 Å². The molecule has 0 spiro atoms. The van der Waals surface area contributed by atoms with E-state index in [1.165, 1.54) is 23.2 Å². The van der Waals surface area contributed by atoms with E-state index in [9.17, 15) is 22.4 Å². The number of imidazole rings is 1.